The normalized spacial score (nSPS) is 14.2. The Morgan fingerprint density at radius 3 is 2.10 bits per heavy atom. The fourth-order valence-corrected chi connectivity index (χ4v) is 2.89. The molecular formula is C15H26N2O3S. The van der Waals surface area contributed by atoms with Crippen LogP contribution < -0.4 is 5.32 Å². The Morgan fingerprint density at radius 2 is 1.71 bits per heavy atom. The molecule has 1 atom stereocenters. The largest absolute Gasteiger partial charge is 0.396 e. The average molecular weight is 314 g/mol. The minimum absolute atomic E-state index is 0.00286. The van der Waals surface area contributed by atoms with Crippen LogP contribution in [-0.4, -0.2) is 44.6 Å². The van der Waals surface area contributed by atoms with Gasteiger partial charge in [0.1, 0.15) is 0 Å². The molecule has 5 nitrogen and oxygen atoms in total. The van der Waals surface area contributed by atoms with Crippen molar-refractivity contribution in [3.8, 4) is 0 Å². The molecule has 0 heterocycles. The predicted molar refractivity (Wildman–Crippen MR) is 85.9 cm³/mol. The zero-order valence-electron chi connectivity index (χ0n) is 13.4. The number of nitrogens with one attached hydrogen (secondary N) is 1. The van der Waals surface area contributed by atoms with Crippen molar-refractivity contribution in [3.63, 3.8) is 0 Å². The van der Waals surface area contributed by atoms with Crippen LogP contribution in [0.5, 0.6) is 0 Å². The number of hydrogen-bond acceptors (Lipinski definition) is 4. The maximum absolute atomic E-state index is 12.0. The Labute approximate surface area is 128 Å². The average Bonchev–Trinajstić information content (AvgIpc) is 2.37. The van der Waals surface area contributed by atoms with Gasteiger partial charge in [-0.3, -0.25) is 0 Å². The SMILES string of the molecule is CN(C)S(=O)(=O)c1ccc(NC(CCO)C(C)(C)C)cc1. The summed E-state index contributed by atoms with van der Waals surface area (Å²) >= 11 is 0. The van der Waals surface area contributed by atoms with Crippen LogP contribution in [0.25, 0.3) is 0 Å². The minimum Gasteiger partial charge on any atom is -0.396 e. The lowest BCUT2D eigenvalue weighted by molar-refractivity contribution is 0.235. The number of anilines is 1. The second-order valence-electron chi connectivity index (χ2n) is 6.39. The molecule has 1 aromatic carbocycles. The van der Waals surface area contributed by atoms with Crippen molar-refractivity contribution < 1.29 is 13.5 Å². The number of aliphatic hydroxyl groups is 1. The molecule has 0 spiro atoms. The van der Waals surface area contributed by atoms with Gasteiger partial charge in [0.15, 0.2) is 0 Å². The van der Waals surface area contributed by atoms with E-state index in [0.29, 0.717) is 6.42 Å². The van der Waals surface area contributed by atoms with Crippen LogP contribution >= 0.6 is 0 Å². The summed E-state index contributed by atoms with van der Waals surface area (Å²) in [4.78, 5) is 0.271. The van der Waals surface area contributed by atoms with Crippen molar-refractivity contribution in [2.75, 3.05) is 26.0 Å². The molecule has 1 unspecified atom stereocenters. The fourth-order valence-electron chi connectivity index (χ4n) is 1.99. The highest BCUT2D eigenvalue weighted by molar-refractivity contribution is 7.89. The van der Waals surface area contributed by atoms with E-state index in [1.54, 1.807) is 24.3 Å². The number of nitrogens with zero attached hydrogens (tertiary/aromatic N) is 1. The van der Waals surface area contributed by atoms with Crippen molar-refractivity contribution in [1.29, 1.82) is 0 Å². The summed E-state index contributed by atoms with van der Waals surface area (Å²) in [6, 6.07) is 6.81. The Morgan fingerprint density at radius 1 is 1.19 bits per heavy atom. The quantitative estimate of drug-likeness (QED) is 0.844. The second kappa shape index (κ2) is 6.77. The second-order valence-corrected chi connectivity index (χ2v) is 8.54. The summed E-state index contributed by atoms with van der Waals surface area (Å²) in [6.45, 7) is 6.42. The Balaban J connectivity index is 2.93. The molecule has 2 N–H and O–H groups in total. The molecule has 0 saturated heterocycles. The van der Waals surface area contributed by atoms with E-state index >= 15 is 0 Å². The monoisotopic (exact) mass is 314 g/mol. The summed E-state index contributed by atoms with van der Waals surface area (Å²) in [5.74, 6) is 0. The lowest BCUT2D eigenvalue weighted by atomic mass is 9.85. The summed E-state index contributed by atoms with van der Waals surface area (Å²) < 4.78 is 25.2. The van der Waals surface area contributed by atoms with E-state index in [1.807, 2.05) is 0 Å². The van der Waals surface area contributed by atoms with Gasteiger partial charge in [-0.1, -0.05) is 20.8 Å². The predicted octanol–water partition coefficient (Wildman–Crippen LogP) is 2.15. The van der Waals surface area contributed by atoms with Gasteiger partial charge >= 0.3 is 0 Å². The van der Waals surface area contributed by atoms with E-state index in [4.69, 9.17) is 5.11 Å². The van der Waals surface area contributed by atoms with Crippen LogP contribution in [0.2, 0.25) is 0 Å². The summed E-state index contributed by atoms with van der Waals surface area (Å²) in [5, 5.41) is 12.5. The molecule has 0 saturated carbocycles. The molecule has 0 bridgehead atoms. The first-order valence-electron chi connectivity index (χ1n) is 6.99. The lowest BCUT2D eigenvalue weighted by Gasteiger charge is -2.32. The molecule has 0 aliphatic carbocycles. The van der Waals surface area contributed by atoms with Gasteiger partial charge in [0.25, 0.3) is 0 Å². The highest BCUT2D eigenvalue weighted by Crippen LogP contribution is 2.26. The van der Waals surface area contributed by atoms with Crippen molar-refractivity contribution in [1.82, 2.24) is 4.31 Å². The standard InChI is InChI=1S/C15H26N2O3S/c1-15(2,3)14(10-11-18)16-12-6-8-13(9-7-12)21(19,20)17(4)5/h6-9,14,16,18H,10-11H2,1-5H3. The van der Waals surface area contributed by atoms with Crippen LogP contribution in [0.3, 0.4) is 0 Å². The molecule has 6 heteroatoms. The number of benzene rings is 1. The number of hydrogen-bond donors (Lipinski definition) is 2. The van der Waals surface area contributed by atoms with Gasteiger partial charge in [0.05, 0.1) is 4.90 Å². The molecule has 120 valence electrons. The Hall–Kier alpha value is -1.11. The fraction of sp³-hybridized carbons (Fsp3) is 0.600. The van der Waals surface area contributed by atoms with E-state index in [2.05, 4.69) is 26.1 Å². The molecule has 0 radical (unpaired) electrons. The van der Waals surface area contributed by atoms with Crippen molar-refractivity contribution in [3.05, 3.63) is 24.3 Å². The van der Waals surface area contributed by atoms with Crippen molar-refractivity contribution in [2.24, 2.45) is 5.41 Å². The van der Waals surface area contributed by atoms with E-state index < -0.39 is 10.0 Å². The van der Waals surface area contributed by atoms with Gasteiger partial charge in [0, 0.05) is 32.4 Å². The van der Waals surface area contributed by atoms with E-state index in [9.17, 15) is 8.42 Å². The summed E-state index contributed by atoms with van der Waals surface area (Å²) in [5.41, 5.74) is 0.845. The van der Waals surface area contributed by atoms with Crippen LogP contribution in [0.1, 0.15) is 27.2 Å². The smallest absolute Gasteiger partial charge is 0.242 e. The number of aliphatic hydroxyl groups excluding tert-OH is 1. The van der Waals surface area contributed by atoms with E-state index in [1.165, 1.54) is 18.4 Å². The molecular weight excluding hydrogens is 288 g/mol. The summed E-state index contributed by atoms with van der Waals surface area (Å²) in [7, 11) is -0.371. The minimum atomic E-state index is -3.40. The van der Waals surface area contributed by atoms with Crippen LogP contribution in [-0.2, 0) is 10.0 Å². The zero-order chi connectivity index (χ0) is 16.3. The molecule has 0 aromatic heterocycles. The first kappa shape index (κ1) is 17.9. The van der Waals surface area contributed by atoms with E-state index in [0.717, 1.165) is 5.69 Å². The first-order valence-corrected chi connectivity index (χ1v) is 8.43. The van der Waals surface area contributed by atoms with E-state index in [-0.39, 0.29) is 23.0 Å². The van der Waals surface area contributed by atoms with Gasteiger partial charge in [-0.15, -0.1) is 0 Å². The van der Waals surface area contributed by atoms with Gasteiger partial charge in [-0.05, 0) is 36.1 Å². The van der Waals surface area contributed by atoms with Crippen LogP contribution in [0.4, 0.5) is 5.69 Å². The van der Waals surface area contributed by atoms with Crippen molar-refractivity contribution >= 4 is 15.7 Å². The highest BCUT2D eigenvalue weighted by atomic mass is 32.2. The van der Waals surface area contributed by atoms with Crippen molar-refractivity contribution in [2.45, 2.75) is 38.1 Å². The maximum Gasteiger partial charge on any atom is 0.242 e. The Bertz CT molecular complexity index is 545. The first-order chi connectivity index (χ1) is 9.59. The molecule has 0 amide bonds. The maximum atomic E-state index is 12.0. The third-order valence-electron chi connectivity index (χ3n) is 3.44. The molecule has 0 aliphatic heterocycles. The van der Waals surface area contributed by atoms with Crippen LogP contribution in [0.15, 0.2) is 29.2 Å². The van der Waals surface area contributed by atoms with Gasteiger partial charge < -0.3 is 10.4 Å². The third kappa shape index (κ3) is 4.69. The lowest BCUT2D eigenvalue weighted by Crippen LogP contribution is -2.34. The topological polar surface area (TPSA) is 69.6 Å². The molecule has 1 aromatic rings. The van der Waals surface area contributed by atoms with Gasteiger partial charge in [0.2, 0.25) is 10.0 Å². The number of sulfonamides is 1. The Kier molecular flexibility index (Phi) is 5.78. The molecule has 0 aliphatic rings. The molecule has 1 rings (SSSR count). The highest BCUT2D eigenvalue weighted by Gasteiger charge is 2.24. The van der Waals surface area contributed by atoms with Gasteiger partial charge in [-0.25, -0.2) is 12.7 Å². The zero-order valence-corrected chi connectivity index (χ0v) is 14.2. The summed E-state index contributed by atoms with van der Waals surface area (Å²) in [6.07, 6.45) is 0.640. The van der Waals surface area contributed by atoms with Gasteiger partial charge in [-0.2, -0.15) is 0 Å². The third-order valence-corrected chi connectivity index (χ3v) is 5.27. The molecule has 0 fully saturated rings. The molecule has 21 heavy (non-hydrogen) atoms. The number of rotatable bonds is 6. The van der Waals surface area contributed by atoms with Crippen LogP contribution in [0, 0.1) is 5.41 Å².